The van der Waals surface area contributed by atoms with E-state index in [2.05, 4.69) is 47.4 Å². The second-order valence-corrected chi connectivity index (χ2v) is 7.57. The van der Waals surface area contributed by atoms with Crippen LogP contribution in [0.3, 0.4) is 0 Å². The molecule has 1 aromatic carbocycles. The van der Waals surface area contributed by atoms with E-state index in [1.54, 1.807) is 25.3 Å². The number of nitrogens with zero attached hydrogens (tertiary/aromatic N) is 2. The molecule has 23 heavy (non-hydrogen) atoms. The molecule has 1 aromatic heterocycles. The van der Waals surface area contributed by atoms with Gasteiger partial charge < -0.3 is 5.11 Å². The Morgan fingerprint density at radius 2 is 2.09 bits per heavy atom. The molecular formula is C15H13Br2N3O2S. The monoisotopic (exact) mass is 457 g/mol. The zero-order valence-corrected chi connectivity index (χ0v) is 16.0. The second-order valence-electron chi connectivity index (χ2n) is 4.50. The summed E-state index contributed by atoms with van der Waals surface area (Å²) in [5.74, 6) is -0.0969. The first-order valence-corrected chi connectivity index (χ1v) is 9.02. The van der Waals surface area contributed by atoms with Crippen molar-refractivity contribution in [2.45, 2.75) is 17.2 Å². The number of rotatable bonds is 5. The molecule has 0 bridgehead atoms. The van der Waals surface area contributed by atoms with E-state index in [0.29, 0.717) is 8.95 Å². The Morgan fingerprint density at radius 3 is 2.70 bits per heavy atom. The third-order valence-corrected chi connectivity index (χ3v) is 4.99. The van der Waals surface area contributed by atoms with Crippen LogP contribution in [0.5, 0.6) is 5.75 Å². The van der Waals surface area contributed by atoms with E-state index < -0.39 is 0 Å². The Balaban J connectivity index is 1.93. The van der Waals surface area contributed by atoms with Crippen LogP contribution in [-0.2, 0) is 4.79 Å². The predicted octanol–water partition coefficient (Wildman–Crippen LogP) is 3.94. The lowest BCUT2D eigenvalue weighted by molar-refractivity contribution is -0.120. The molecule has 0 saturated carbocycles. The topological polar surface area (TPSA) is 74.6 Å². The maximum atomic E-state index is 12.0. The lowest BCUT2D eigenvalue weighted by Crippen LogP contribution is -2.26. The number of aromatic nitrogens is 1. The minimum Gasteiger partial charge on any atom is -0.506 e. The summed E-state index contributed by atoms with van der Waals surface area (Å²) in [5, 5.41) is 14.0. The van der Waals surface area contributed by atoms with Gasteiger partial charge in [0.25, 0.3) is 5.91 Å². The van der Waals surface area contributed by atoms with Crippen LogP contribution in [-0.4, -0.2) is 27.5 Å². The lowest BCUT2D eigenvalue weighted by atomic mass is 10.2. The molecule has 120 valence electrons. The first-order valence-electron chi connectivity index (χ1n) is 6.56. The summed E-state index contributed by atoms with van der Waals surface area (Å²) < 4.78 is 1.08. The first kappa shape index (κ1) is 18.0. The lowest BCUT2D eigenvalue weighted by Gasteiger charge is -2.08. The maximum Gasteiger partial charge on any atom is 0.253 e. The summed E-state index contributed by atoms with van der Waals surface area (Å²) in [7, 11) is 0. The van der Waals surface area contributed by atoms with Crippen molar-refractivity contribution in [1.82, 2.24) is 10.4 Å². The number of benzene rings is 1. The summed E-state index contributed by atoms with van der Waals surface area (Å²) in [6.07, 6.45) is 3.19. The van der Waals surface area contributed by atoms with E-state index in [9.17, 15) is 9.90 Å². The van der Waals surface area contributed by atoms with Gasteiger partial charge in [0.15, 0.2) is 0 Å². The van der Waals surface area contributed by atoms with Crippen molar-refractivity contribution in [1.29, 1.82) is 0 Å². The highest BCUT2D eigenvalue weighted by molar-refractivity contribution is 9.11. The van der Waals surface area contributed by atoms with Gasteiger partial charge in [0.1, 0.15) is 5.75 Å². The van der Waals surface area contributed by atoms with E-state index >= 15 is 0 Å². The first-order chi connectivity index (χ1) is 11.0. The molecule has 2 N–H and O–H groups in total. The molecule has 1 atom stereocenters. The van der Waals surface area contributed by atoms with Gasteiger partial charge in [0.05, 0.1) is 25.4 Å². The summed E-state index contributed by atoms with van der Waals surface area (Å²) in [5.41, 5.74) is 3.22. The highest BCUT2D eigenvalue weighted by atomic mass is 79.9. The Hall–Kier alpha value is -1.38. The van der Waals surface area contributed by atoms with Gasteiger partial charge in [0, 0.05) is 6.20 Å². The number of nitrogens with one attached hydrogen (secondary N) is 1. The zero-order valence-electron chi connectivity index (χ0n) is 12.0. The van der Waals surface area contributed by atoms with E-state index in [1.165, 1.54) is 18.0 Å². The van der Waals surface area contributed by atoms with Gasteiger partial charge in [-0.2, -0.15) is 5.10 Å². The molecule has 0 aliphatic carbocycles. The minimum atomic E-state index is -0.319. The molecule has 0 radical (unpaired) electrons. The Bertz CT molecular complexity index is 703. The number of phenolic OH excluding ortho intramolecular Hbond substituents is 1. The number of thioether (sulfide) groups is 1. The second kappa shape index (κ2) is 8.47. The summed E-state index contributed by atoms with van der Waals surface area (Å²) in [6.45, 7) is 1.79. The number of hydrazone groups is 1. The molecule has 0 unspecified atom stereocenters. The number of halogens is 2. The van der Waals surface area contributed by atoms with Crippen molar-refractivity contribution in [3.8, 4) is 5.75 Å². The Morgan fingerprint density at radius 1 is 1.39 bits per heavy atom. The van der Waals surface area contributed by atoms with Crippen LogP contribution in [0.4, 0.5) is 0 Å². The van der Waals surface area contributed by atoms with Crippen molar-refractivity contribution in [2.24, 2.45) is 5.10 Å². The van der Waals surface area contributed by atoms with Crippen LogP contribution in [0, 0.1) is 0 Å². The van der Waals surface area contributed by atoms with Gasteiger partial charge in [-0.05, 0) is 68.6 Å². The summed E-state index contributed by atoms with van der Waals surface area (Å²) in [4.78, 5) is 16.2. The van der Waals surface area contributed by atoms with Crippen LogP contribution >= 0.6 is 43.6 Å². The highest BCUT2D eigenvalue weighted by Crippen LogP contribution is 2.32. The van der Waals surface area contributed by atoms with E-state index in [1.807, 2.05) is 18.2 Å². The third-order valence-electron chi connectivity index (χ3n) is 2.73. The number of amides is 1. The molecule has 0 spiro atoms. The van der Waals surface area contributed by atoms with E-state index in [4.69, 9.17) is 0 Å². The highest BCUT2D eigenvalue weighted by Gasteiger charge is 2.14. The number of carbonyl (C=O) groups excluding carboxylic acids is 1. The average Bonchev–Trinajstić information content (AvgIpc) is 2.53. The quantitative estimate of drug-likeness (QED) is 0.404. The Labute approximate surface area is 154 Å². The van der Waals surface area contributed by atoms with Crippen LogP contribution in [0.2, 0.25) is 0 Å². The van der Waals surface area contributed by atoms with Crippen LogP contribution < -0.4 is 5.43 Å². The third kappa shape index (κ3) is 5.33. The van der Waals surface area contributed by atoms with Crippen LogP contribution in [0.15, 0.2) is 55.6 Å². The van der Waals surface area contributed by atoms with Gasteiger partial charge in [-0.25, -0.2) is 10.4 Å². The number of aromatic hydroxyl groups is 1. The van der Waals surface area contributed by atoms with Gasteiger partial charge in [0.2, 0.25) is 0 Å². The number of carbonyl (C=O) groups is 1. The van der Waals surface area contributed by atoms with Crippen molar-refractivity contribution in [2.75, 3.05) is 0 Å². The van der Waals surface area contributed by atoms with Gasteiger partial charge in [-0.3, -0.25) is 4.79 Å². The molecular weight excluding hydrogens is 446 g/mol. The SMILES string of the molecule is C[C@H](Sc1ccccn1)C(=O)N/N=C\c1cc(Br)c(O)c(Br)c1. The zero-order chi connectivity index (χ0) is 16.8. The largest absolute Gasteiger partial charge is 0.506 e. The number of hydrogen-bond donors (Lipinski definition) is 2. The molecule has 0 fully saturated rings. The van der Waals surface area contributed by atoms with Crippen molar-refractivity contribution < 1.29 is 9.90 Å². The standard InChI is InChI=1S/C15H13Br2N3O2S/c1-9(23-13-4-2-3-5-18-13)15(22)20-19-8-10-6-11(16)14(21)12(17)7-10/h2-9,21H,1H3,(H,20,22)/b19-8-/t9-/m0/s1. The molecule has 1 heterocycles. The number of pyridine rings is 1. The van der Waals surface area contributed by atoms with Gasteiger partial charge in [-0.1, -0.05) is 17.8 Å². The van der Waals surface area contributed by atoms with E-state index in [-0.39, 0.29) is 16.9 Å². The fourth-order valence-corrected chi connectivity index (χ4v) is 3.60. The Kier molecular flexibility index (Phi) is 6.61. The minimum absolute atomic E-state index is 0.117. The van der Waals surface area contributed by atoms with Crippen molar-refractivity contribution >= 4 is 55.7 Å². The molecule has 0 aliphatic heterocycles. The molecule has 8 heteroatoms. The summed E-state index contributed by atoms with van der Waals surface area (Å²) in [6, 6.07) is 8.94. The molecule has 1 amide bonds. The molecule has 5 nitrogen and oxygen atoms in total. The molecule has 0 saturated heterocycles. The van der Waals surface area contributed by atoms with Crippen molar-refractivity contribution in [3.05, 3.63) is 51.0 Å². The molecule has 2 rings (SSSR count). The fourth-order valence-electron chi connectivity index (χ4n) is 1.57. The fraction of sp³-hybridized carbons (Fsp3) is 0.133. The number of hydrogen-bond acceptors (Lipinski definition) is 5. The average molecular weight is 459 g/mol. The predicted molar refractivity (Wildman–Crippen MR) is 98.8 cm³/mol. The number of phenols is 1. The molecule has 2 aromatic rings. The smallest absolute Gasteiger partial charge is 0.253 e. The molecule has 0 aliphatic rings. The summed E-state index contributed by atoms with van der Waals surface area (Å²) >= 11 is 7.84. The van der Waals surface area contributed by atoms with Crippen molar-refractivity contribution in [3.63, 3.8) is 0 Å². The normalized spacial score (nSPS) is 12.3. The van der Waals surface area contributed by atoms with Gasteiger partial charge in [-0.15, -0.1) is 0 Å². The maximum absolute atomic E-state index is 12.0. The van der Waals surface area contributed by atoms with Crippen LogP contribution in [0.1, 0.15) is 12.5 Å². The van der Waals surface area contributed by atoms with Crippen LogP contribution in [0.25, 0.3) is 0 Å². The van der Waals surface area contributed by atoms with Gasteiger partial charge >= 0.3 is 0 Å². The van der Waals surface area contributed by atoms with E-state index in [0.717, 1.165) is 10.6 Å².